The van der Waals surface area contributed by atoms with Gasteiger partial charge in [-0.25, -0.2) is 9.98 Å². The molecule has 1 heterocycles. The molecule has 0 aromatic carbocycles. The Balaban J connectivity index is 0.00000361. The van der Waals surface area contributed by atoms with Gasteiger partial charge in [0.05, 0.1) is 6.54 Å². The summed E-state index contributed by atoms with van der Waals surface area (Å²) < 4.78 is 0. The van der Waals surface area contributed by atoms with Gasteiger partial charge in [0.15, 0.2) is 5.96 Å². The van der Waals surface area contributed by atoms with Gasteiger partial charge in [0.1, 0.15) is 5.01 Å². The van der Waals surface area contributed by atoms with Crippen molar-refractivity contribution in [3.8, 4) is 0 Å². The van der Waals surface area contributed by atoms with Crippen molar-refractivity contribution in [2.75, 3.05) is 25.1 Å². The largest absolute Gasteiger partial charge is 0.357 e. The number of unbranched alkanes of at least 4 members (excludes halogenated alkanes) is 1. The molecule has 2 N–H and O–H groups in total. The Labute approximate surface area is 147 Å². The minimum Gasteiger partial charge on any atom is -0.357 e. The summed E-state index contributed by atoms with van der Waals surface area (Å²) in [7, 11) is 0. The second-order valence-electron chi connectivity index (χ2n) is 4.19. The number of hydrogen-bond acceptors (Lipinski definition) is 4. The smallest absolute Gasteiger partial charge is 0.191 e. The van der Waals surface area contributed by atoms with Crippen molar-refractivity contribution in [2.45, 2.75) is 33.2 Å². The molecule has 0 amide bonds. The first-order valence-electron chi connectivity index (χ1n) is 6.68. The number of aliphatic imine (C=N–C) groups is 1. The molecule has 0 bridgehead atoms. The van der Waals surface area contributed by atoms with Crippen LogP contribution in [0.2, 0.25) is 0 Å². The van der Waals surface area contributed by atoms with Gasteiger partial charge < -0.3 is 10.6 Å². The number of aromatic nitrogens is 1. The Kier molecular flexibility index (Phi) is 12.7. The van der Waals surface area contributed by atoms with E-state index >= 15 is 0 Å². The van der Waals surface area contributed by atoms with Crippen LogP contribution in [0.4, 0.5) is 0 Å². The van der Waals surface area contributed by atoms with Crippen molar-refractivity contribution in [1.82, 2.24) is 15.6 Å². The second-order valence-corrected chi connectivity index (χ2v) is 6.49. The monoisotopic (exact) mass is 428 g/mol. The Morgan fingerprint density at radius 3 is 2.80 bits per heavy atom. The number of guanidine groups is 1. The number of nitrogens with zero attached hydrogens (tertiary/aromatic N) is 2. The summed E-state index contributed by atoms with van der Waals surface area (Å²) in [5.41, 5.74) is 0. The number of rotatable bonds is 8. The molecular formula is C13H25IN4S2. The van der Waals surface area contributed by atoms with E-state index in [-0.39, 0.29) is 24.0 Å². The second kappa shape index (κ2) is 12.7. The summed E-state index contributed by atoms with van der Waals surface area (Å²) in [6, 6.07) is 0. The number of hydrogen-bond donors (Lipinski definition) is 2. The number of aryl methyl sites for hydroxylation is 1. The Morgan fingerprint density at radius 2 is 2.20 bits per heavy atom. The molecule has 0 aliphatic carbocycles. The highest BCUT2D eigenvalue weighted by Gasteiger charge is 2.00. The average Bonchev–Trinajstić information content (AvgIpc) is 2.81. The van der Waals surface area contributed by atoms with E-state index in [4.69, 9.17) is 0 Å². The maximum atomic E-state index is 4.55. The molecule has 0 saturated heterocycles. The van der Waals surface area contributed by atoms with Crippen molar-refractivity contribution in [2.24, 2.45) is 4.99 Å². The number of halogens is 1. The highest BCUT2D eigenvalue weighted by Crippen LogP contribution is 2.11. The minimum atomic E-state index is 0. The quantitative estimate of drug-likeness (QED) is 0.289. The van der Waals surface area contributed by atoms with E-state index in [0.29, 0.717) is 6.54 Å². The summed E-state index contributed by atoms with van der Waals surface area (Å²) in [5.74, 6) is 2.12. The lowest BCUT2D eigenvalue weighted by Gasteiger charge is -2.10. The third kappa shape index (κ3) is 9.02. The van der Waals surface area contributed by atoms with E-state index in [9.17, 15) is 0 Å². The van der Waals surface area contributed by atoms with E-state index in [1.165, 1.54) is 23.5 Å². The molecule has 0 radical (unpaired) electrons. The first-order valence-corrected chi connectivity index (χ1v) is 8.89. The van der Waals surface area contributed by atoms with Crippen LogP contribution in [-0.2, 0) is 6.54 Å². The van der Waals surface area contributed by atoms with Gasteiger partial charge in [0, 0.05) is 24.2 Å². The van der Waals surface area contributed by atoms with Crippen LogP contribution in [0.3, 0.4) is 0 Å². The van der Waals surface area contributed by atoms with E-state index in [1.54, 1.807) is 11.3 Å². The van der Waals surface area contributed by atoms with Gasteiger partial charge in [0.2, 0.25) is 0 Å². The third-order valence-corrected chi connectivity index (χ3v) is 4.05. The van der Waals surface area contributed by atoms with Crippen molar-refractivity contribution in [1.29, 1.82) is 0 Å². The first-order chi connectivity index (χ1) is 9.26. The summed E-state index contributed by atoms with van der Waals surface area (Å²) in [5, 5.41) is 7.69. The topological polar surface area (TPSA) is 49.3 Å². The fourth-order valence-electron chi connectivity index (χ4n) is 1.54. The number of nitrogens with one attached hydrogen (secondary N) is 2. The van der Waals surface area contributed by atoms with Crippen LogP contribution < -0.4 is 10.6 Å². The van der Waals surface area contributed by atoms with Crippen LogP contribution in [0.5, 0.6) is 0 Å². The lowest BCUT2D eigenvalue weighted by molar-refractivity contribution is 0.734. The molecule has 20 heavy (non-hydrogen) atoms. The molecule has 1 rings (SSSR count). The van der Waals surface area contributed by atoms with Crippen molar-refractivity contribution >= 4 is 53.0 Å². The van der Waals surface area contributed by atoms with Crippen LogP contribution in [0.1, 0.15) is 29.7 Å². The molecule has 1 aromatic heterocycles. The Hall–Kier alpha value is -0.0200. The normalized spacial score (nSPS) is 11.1. The average molecular weight is 428 g/mol. The van der Waals surface area contributed by atoms with Crippen LogP contribution >= 0.6 is 47.1 Å². The summed E-state index contributed by atoms with van der Waals surface area (Å²) >= 11 is 3.61. The molecule has 1 aromatic rings. The maximum absolute atomic E-state index is 4.55. The first kappa shape index (κ1) is 20.0. The summed E-state index contributed by atoms with van der Waals surface area (Å²) in [6.45, 7) is 6.66. The van der Waals surface area contributed by atoms with Crippen molar-refractivity contribution < 1.29 is 0 Å². The molecule has 7 heteroatoms. The zero-order valence-corrected chi connectivity index (χ0v) is 16.4. The fraction of sp³-hybridized carbons (Fsp3) is 0.692. The van der Waals surface area contributed by atoms with Gasteiger partial charge in [-0.15, -0.1) is 35.3 Å². The van der Waals surface area contributed by atoms with Gasteiger partial charge >= 0.3 is 0 Å². The lowest BCUT2D eigenvalue weighted by atomic mass is 10.3. The number of thiazole rings is 1. The van der Waals surface area contributed by atoms with Crippen LogP contribution in [0.15, 0.2) is 11.2 Å². The molecule has 0 atom stereocenters. The van der Waals surface area contributed by atoms with Gasteiger partial charge in [-0.05, 0) is 38.7 Å². The van der Waals surface area contributed by atoms with Gasteiger partial charge in [0.25, 0.3) is 0 Å². The van der Waals surface area contributed by atoms with E-state index in [1.807, 2.05) is 18.0 Å². The predicted molar refractivity (Wildman–Crippen MR) is 103 cm³/mol. The molecule has 0 spiro atoms. The summed E-state index contributed by atoms with van der Waals surface area (Å²) in [4.78, 5) is 10.1. The standard InChI is InChI=1S/C13H24N4S2.HI/c1-4-14-13(15-7-5-6-8-18-3)17-10-12-16-9-11(2)19-12;/h9H,4-8,10H2,1-3H3,(H2,14,15,17);1H. The SMILES string of the molecule is CCNC(=NCc1ncc(C)s1)NCCCCSC.I. The zero-order valence-electron chi connectivity index (χ0n) is 12.4. The van der Waals surface area contributed by atoms with Crippen LogP contribution in [0.25, 0.3) is 0 Å². The Bertz CT molecular complexity index is 382. The van der Waals surface area contributed by atoms with Crippen LogP contribution in [0, 0.1) is 6.92 Å². The summed E-state index contributed by atoms with van der Waals surface area (Å²) in [6.07, 6.45) is 6.48. The van der Waals surface area contributed by atoms with Gasteiger partial charge in [-0.2, -0.15) is 11.8 Å². The molecule has 4 nitrogen and oxygen atoms in total. The van der Waals surface area contributed by atoms with Crippen molar-refractivity contribution in [3.63, 3.8) is 0 Å². The minimum absolute atomic E-state index is 0. The molecule has 0 unspecified atom stereocenters. The number of thioether (sulfide) groups is 1. The highest BCUT2D eigenvalue weighted by atomic mass is 127. The molecule has 0 aliphatic rings. The Morgan fingerprint density at radius 1 is 1.40 bits per heavy atom. The molecule has 0 saturated carbocycles. The molecular weight excluding hydrogens is 403 g/mol. The highest BCUT2D eigenvalue weighted by molar-refractivity contribution is 14.0. The van der Waals surface area contributed by atoms with E-state index in [0.717, 1.165) is 24.1 Å². The molecule has 0 aliphatic heterocycles. The van der Waals surface area contributed by atoms with Crippen molar-refractivity contribution in [3.05, 3.63) is 16.1 Å². The van der Waals surface area contributed by atoms with Gasteiger partial charge in [-0.1, -0.05) is 0 Å². The van der Waals surface area contributed by atoms with E-state index in [2.05, 4.69) is 40.7 Å². The van der Waals surface area contributed by atoms with Crippen LogP contribution in [-0.4, -0.2) is 36.0 Å². The molecule has 0 fully saturated rings. The lowest BCUT2D eigenvalue weighted by Crippen LogP contribution is -2.37. The van der Waals surface area contributed by atoms with Gasteiger partial charge in [-0.3, -0.25) is 0 Å². The third-order valence-electron chi connectivity index (χ3n) is 2.45. The van der Waals surface area contributed by atoms with E-state index < -0.39 is 0 Å². The molecule has 116 valence electrons. The zero-order chi connectivity index (χ0) is 13.9. The fourth-order valence-corrected chi connectivity index (χ4v) is 2.75. The maximum Gasteiger partial charge on any atom is 0.191 e. The predicted octanol–water partition coefficient (Wildman–Crippen LogP) is 3.27.